The van der Waals surface area contributed by atoms with E-state index in [1.807, 2.05) is 7.11 Å². The second-order valence-corrected chi connectivity index (χ2v) is 5.54. The molecular formula is C15H27NOS. The van der Waals surface area contributed by atoms with Crippen LogP contribution in [0.4, 0.5) is 0 Å². The first-order valence-electron chi connectivity index (χ1n) is 7.02. The number of nitrogens with one attached hydrogen (secondary N) is 1. The van der Waals surface area contributed by atoms with Crippen molar-refractivity contribution < 1.29 is 4.74 Å². The molecule has 1 heterocycles. The molecule has 0 bridgehead atoms. The summed E-state index contributed by atoms with van der Waals surface area (Å²) in [6.07, 6.45) is 4.38. The smallest absolute Gasteiger partial charge is 0.0825 e. The summed E-state index contributed by atoms with van der Waals surface area (Å²) in [5.74, 6) is 0. The number of ether oxygens (including phenoxy) is 1. The lowest BCUT2D eigenvalue weighted by molar-refractivity contribution is -0.0489. The normalized spacial score (nSPS) is 13.8. The highest BCUT2D eigenvalue weighted by Crippen LogP contribution is 2.27. The molecule has 2 nitrogen and oxygen atoms in total. The number of hydrogen-bond acceptors (Lipinski definition) is 3. The maximum absolute atomic E-state index is 5.86. The zero-order valence-corrected chi connectivity index (χ0v) is 13.0. The van der Waals surface area contributed by atoms with Crippen LogP contribution in [-0.4, -0.2) is 25.3 Å². The molecule has 1 aromatic heterocycles. The highest BCUT2D eigenvalue weighted by atomic mass is 32.1. The highest BCUT2D eigenvalue weighted by Gasteiger charge is 2.34. The number of thiophene rings is 1. The van der Waals surface area contributed by atoms with Gasteiger partial charge in [0.2, 0.25) is 0 Å². The summed E-state index contributed by atoms with van der Waals surface area (Å²) in [6.45, 7) is 7.62. The number of likely N-dealkylation sites (N-methyl/N-ethyl adjacent to an activating group) is 1. The summed E-state index contributed by atoms with van der Waals surface area (Å²) in [4.78, 5) is 0. The Labute approximate surface area is 116 Å². The molecule has 0 aliphatic heterocycles. The second kappa shape index (κ2) is 7.93. The van der Waals surface area contributed by atoms with Crippen molar-refractivity contribution in [3.05, 3.63) is 22.4 Å². The minimum absolute atomic E-state index is 0.0218. The molecule has 0 radical (unpaired) electrons. The Morgan fingerprint density at radius 2 is 2.06 bits per heavy atom. The molecule has 0 amide bonds. The predicted octanol–water partition coefficient (Wildman–Crippen LogP) is 3.86. The van der Waals surface area contributed by atoms with Crippen LogP contribution in [0.15, 0.2) is 16.8 Å². The molecule has 0 spiro atoms. The fourth-order valence-electron chi connectivity index (χ4n) is 2.72. The van der Waals surface area contributed by atoms with E-state index in [0.717, 1.165) is 32.2 Å². The van der Waals surface area contributed by atoms with Crippen LogP contribution in [0, 0.1) is 0 Å². The maximum atomic E-state index is 5.86. The molecular weight excluding hydrogens is 242 g/mol. The van der Waals surface area contributed by atoms with Crippen LogP contribution in [0.3, 0.4) is 0 Å². The van der Waals surface area contributed by atoms with Crippen molar-refractivity contribution in [1.29, 1.82) is 0 Å². The summed E-state index contributed by atoms with van der Waals surface area (Å²) >= 11 is 1.78. The summed E-state index contributed by atoms with van der Waals surface area (Å²) in [5.41, 5.74) is 1.42. The van der Waals surface area contributed by atoms with Gasteiger partial charge in [-0.2, -0.15) is 11.3 Å². The lowest BCUT2D eigenvalue weighted by Gasteiger charge is -2.39. The average molecular weight is 269 g/mol. The van der Waals surface area contributed by atoms with Crippen molar-refractivity contribution in [2.75, 3.05) is 13.7 Å². The Bertz CT molecular complexity index is 298. The van der Waals surface area contributed by atoms with Crippen LogP contribution in [-0.2, 0) is 11.2 Å². The van der Waals surface area contributed by atoms with Crippen molar-refractivity contribution >= 4 is 11.3 Å². The summed E-state index contributed by atoms with van der Waals surface area (Å²) < 4.78 is 5.86. The van der Waals surface area contributed by atoms with Crippen LogP contribution in [0.25, 0.3) is 0 Å². The third-order valence-corrected chi connectivity index (χ3v) is 4.72. The second-order valence-electron chi connectivity index (χ2n) is 4.76. The van der Waals surface area contributed by atoms with Gasteiger partial charge >= 0.3 is 0 Å². The topological polar surface area (TPSA) is 21.3 Å². The molecule has 0 saturated heterocycles. The van der Waals surface area contributed by atoms with Crippen molar-refractivity contribution in [3.63, 3.8) is 0 Å². The van der Waals surface area contributed by atoms with Crippen LogP contribution in [0.5, 0.6) is 0 Å². The van der Waals surface area contributed by atoms with Crippen molar-refractivity contribution in [2.45, 2.75) is 58.1 Å². The van der Waals surface area contributed by atoms with Crippen LogP contribution in [0.1, 0.15) is 45.6 Å². The lowest BCUT2D eigenvalue weighted by atomic mass is 9.85. The Balaban J connectivity index is 2.67. The third-order valence-electron chi connectivity index (χ3n) is 3.99. The van der Waals surface area contributed by atoms with E-state index in [2.05, 4.69) is 42.9 Å². The van der Waals surface area contributed by atoms with E-state index in [0.29, 0.717) is 6.04 Å². The average Bonchev–Trinajstić information content (AvgIpc) is 2.91. The van der Waals surface area contributed by atoms with Crippen LogP contribution >= 0.6 is 11.3 Å². The van der Waals surface area contributed by atoms with Crippen LogP contribution < -0.4 is 5.32 Å². The molecule has 0 aliphatic carbocycles. The first kappa shape index (κ1) is 15.7. The number of methoxy groups -OCH3 is 1. The summed E-state index contributed by atoms with van der Waals surface area (Å²) in [6, 6.07) is 2.66. The van der Waals surface area contributed by atoms with Crippen molar-refractivity contribution in [2.24, 2.45) is 0 Å². The molecule has 3 heteroatoms. The van der Waals surface area contributed by atoms with E-state index in [9.17, 15) is 0 Å². The van der Waals surface area contributed by atoms with Crippen LogP contribution in [0.2, 0.25) is 0 Å². The van der Waals surface area contributed by atoms with Gasteiger partial charge in [-0.3, -0.25) is 0 Å². The fraction of sp³-hybridized carbons (Fsp3) is 0.733. The zero-order valence-electron chi connectivity index (χ0n) is 12.2. The minimum Gasteiger partial charge on any atom is -0.377 e. The maximum Gasteiger partial charge on any atom is 0.0825 e. The molecule has 18 heavy (non-hydrogen) atoms. The van der Waals surface area contributed by atoms with Gasteiger partial charge in [-0.15, -0.1) is 0 Å². The molecule has 1 aromatic rings. The van der Waals surface area contributed by atoms with Gasteiger partial charge in [0, 0.05) is 13.2 Å². The molecule has 0 saturated carbocycles. The summed E-state index contributed by atoms with van der Waals surface area (Å²) in [5, 5.41) is 8.02. The highest BCUT2D eigenvalue weighted by molar-refractivity contribution is 7.07. The van der Waals surface area contributed by atoms with E-state index in [1.54, 1.807) is 11.3 Å². The van der Waals surface area contributed by atoms with E-state index >= 15 is 0 Å². The Hall–Kier alpha value is -0.380. The Kier molecular flexibility index (Phi) is 6.90. The van der Waals surface area contributed by atoms with Gasteiger partial charge in [0.05, 0.1) is 5.60 Å². The van der Waals surface area contributed by atoms with E-state index in [1.165, 1.54) is 5.56 Å². The molecule has 1 unspecified atom stereocenters. The number of rotatable bonds is 9. The molecule has 1 rings (SSSR count). The zero-order chi connectivity index (χ0) is 13.4. The molecule has 0 fully saturated rings. The van der Waals surface area contributed by atoms with Gasteiger partial charge in [-0.05, 0) is 54.6 Å². The summed E-state index contributed by atoms with van der Waals surface area (Å²) in [7, 11) is 1.85. The SMILES string of the molecule is CCNC(CCc1ccsc1)C(CC)(CC)OC. The first-order valence-corrected chi connectivity index (χ1v) is 7.96. The fourth-order valence-corrected chi connectivity index (χ4v) is 3.42. The van der Waals surface area contributed by atoms with E-state index < -0.39 is 0 Å². The van der Waals surface area contributed by atoms with Gasteiger partial charge in [-0.1, -0.05) is 20.8 Å². The first-order chi connectivity index (χ1) is 8.72. The molecule has 1 N–H and O–H groups in total. The predicted molar refractivity (Wildman–Crippen MR) is 80.4 cm³/mol. The molecule has 104 valence electrons. The molecule has 1 atom stereocenters. The Morgan fingerprint density at radius 3 is 2.50 bits per heavy atom. The van der Waals surface area contributed by atoms with E-state index in [-0.39, 0.29) is 5.60 Å². The monoisotopic (exact) mass is 269 g/mol. The van der Waals surface area contributed by atoms with Gasteiger partial charge in [0.25, 0.3) is 0 Å². The molecule has 0 aliphatic rings. The lowest BCUT2D eigenvalue weighted by Crippen LogP contribution is -2.51. The van der Waals surface area contributed by atoms with Gasteiger partial charge in [0.15, 0.2) is 0 Å². The van der Waals surface area contributed by atoms with Crippen molar-refractivity contribution in [3.8, 4) is 0 Å². The van der Waals surface area contributed by atoms with Crippen molar-refractivity contribution in [1.82, 2.24) is 5.32 Å². The largest absolute Gasteiger partial charge is 0.377 e. The van der Waals surface area contributed by atoms with Gasteiger partial charge < -0.3 is 10.1 Å². The molecule has 0 aromatic carbocycles. The quantitative estimate of drug-likeness (QED) is 0.735. The van der Waals surface area contributed by atoms with Gasteiger partial charge in [0.1, 0.15) is 0 Å². The minimum atomic E-state index is -0.0218. The number of hydrogen-bond donors (Lipinski definition) is 1. The van der Waals surface area contributed by atoms with Gasteiger partial charge in [-0.25, -0.2) is 0 Å². The van der Waals surface area contributed by atoms with E-state index in [4.69, 9.17) is 4.74 Å². The third kappa shape index (κ3) is 3.81. The Morgan fingerprint density at radius 1 is 1.33 bits per heavy atom. The standard InChI is InChI=1S/C15H27NOS/c1-5-15(6-2,17-4)14(16-7-3)9-8-13-10-11-18-12-13/h10-12,14,16H,5-9H2,1-4H3. The number of aryl methyl sites for hydroxylation is 1.